The van der Waals surface area contributed by atoms with Crippen LogP contribution in [-0.4, -0.2) is 45.5 Å². The fourth-order valence-electron chi connectivity index (χ4n) is 3.11. The van der Waals surface area contributed by atoms with Crippen molar-refractivity contribution in [1.82, 2.24) is 10.6 Å². The zero-order valence-corrected chi connectivity index (χ0v) is 16.7. The first-order valence-corrected chi connectivity index (χ1v) is 9.88. The van der Waals surface area contributed by atoms with Crippen molar-refractivity contribution >= 4 is 5.96 Å². The number of aliphatic imine (C=N–C) groups is 1. The number of benzene rings is 1. The van der Waals surface area contributed by atoms with E-state index in [0.29, 0.717) is 29.9 Å². The molecule has 0 aliphatic heterocycles. The number of nitrogens with one attached hydrogen (secondary N) is 2. The van der Waals surface area contributed by atoms with Gasteiger partial charge in [-0.15, -0.1) is 0 Å². The second kappa shape index (κ2) is 12.4. The number of guanidine groups is 1. The smallest absolute Gasteiger partial charge is 0.387 e. The molecule has 1 aromatic rings. The van der Waals surface area contributed by atoms with Gasteiger partial charge in [-0.1, -0.05) is 12.8 Å². The molecule has 1 saturated carbocycles. The summed E-state index contributed by atoms with van der Waals surface area (Å²) in [6.45, 7) is 1.41. The van der Waals surface area contributed by atoms with Crippen LogP contribution in [0.25, 0.3) is 0 Å². The van der Waals surface area contributed by atoms with Crippen LogP contribution in [-0.2, 0) is 11.3 Å². The van der Waals surface area contributed by atoms with Gasteiger partial charge in [-0.25, -0.2) is 4.99 Å². The van der Waals surface area contributed by atoms with E-state index in [1.807, 2.05) is 6.92 Å². The second-order valence-electron chi connectivity index (χ2n) is 6.60. The van der Waals surface area contributed by atoms with E-state index in [0.717, 1.165) is 19.6 Å². The van der Waals surface area contributed by atoms with E-state index >= 15 is 0 Å². The Hall–Kier alpha value is -2.09. The van der Waals surface area contributed by atoms with Crippen LogP contribution in [0.5, 0.6) is 11.5 Å². The zero-order chi connectivity index (χ0) is 20.2. The summed E-state index contributed by atoms with van der Waals surface area (Å²) < 4.78 is 40.9. The molecule has 0 radical (unpaired) electrons. The van der Waals surface area contributed by atoms with Crippen LogP contribution in [0.3, 0.4) is 0 Å². The van der Waals surface area contributed by atoms with E-state index in [-0.39, 0.29) is 12.3 Å². The molecular formula is C20H31F2N3O3. The van der Waals surface area contributed by atoms with Crippen molar-refractivity contribution in [2.75, 3.05) is 26.8 Å². The quantitative estimate of drug-likeness (QED) is 0.337. The van der Waals surface area contributed by atoms with Crippen molar-refractivity contribution in [1.29, 1.82) is 0 Å². The highest BCUT2D eigenvalue weighted by Crippen LogP contribution is 2.26. The Bertz CT molecular complexity index is 608. The lowest BCUT2D eigenvalue weighted by atomic mass is 10.2. The summed E-state index contributed by atoms with van der Waals surface area (Å²) in [4.78, 5) is 4.48. The number of ether oxygens (including phenoxy) is 3. The summed E-state index contributed by atoms with van der Waals surface area (Å²) in [5.74, 6) is 1.28. The predicted octanol–water partition coefficient (Wildman–Crippen LogP) is 3.70. The molecule has 6 nitrogen and oxygen atoms in total. The van der Waals surface area contributed by atoms with Gasteiger partial charge in [0.25, 0.3) is 0 Å². The van der Waals surface area contributed by atoms with Gasteiger partial charge in [0.1, 0.15) is 11.5 Å². The first-order chi connectivity index (χ1) is 13.6. The molecule has 1 aliphatic carbocycles. The molecule has 0 amide bonds. The van der Waals surface area contributed by atoms with Gasteiger partial charge in [0.05, 0.1) is 19.8 Å². The van der Waals surface area contributed by atoms with Crippen LogP contribution in [0, 0.1) is 0 Å². The Morgan fingerprint density at radius 2 is 2.04 bits per heavy atom. The van der Waals surface area contributed by atoms with Crippen molar-refractivity contribution in [3.05, 3.63) is 23.8 Å². The monoisotopic (exact) mass is 399 g/mol. The maximum absolute atomic E-state index is 12.6. The molecule has 1 aromatic carbocycles. The van der Waals surface area contributed by atoms with Crippen LogP contribution >= 0.6 is 0 Å². The lowest BCUT2D eigenvalue weighted by Crippen LogP contribution is -2.38. The Kier molecular flexibility index (Phi) is 9.82. The Labute approximate surface area is 165 Å². The summed E-state index contributed by atoms with van der Waals surface area (Å²) in [6.07, 6.45) is 6.16. The Morgan fingerprint density at radius 1 is 1.25 bits per heavy atom. The normalized spacial score (nSPS) is 15.1. The van der Waals surface area contributed by atoms with E-state index in [2.05, 4.69) is 20.4 Å². The highest BCUT2D eigenvalue weighted by molar-refractivity contribution is 5.79. The molecule has 8 heteroatoms. The SMILES string of the molecule is CCNC(=NCc1cc(OC)ccc1OC(F)F)NCCCOC1CCCC1. The fraction of sp³-hybridized carbons (Fsp3) is 0.650. The highest BCUT2D eigenvalue weighted by Gasteiger charge is 2.14. The van der Waals surface area contributed by atoms with Crippen LogP contribution in [0.4, 0.5) is 8.78 Å². The summed E-state index contributed by atoms with van der Waals surface area (Å²) in [7, 11) is 1.52. The molecule has 1 fully saturated rings. The van der Waals surface area contributed by atoms with Gasteiger partial charge in [0.15, 0.2) is 5.96 Å². The largest absolute Gasteiger partial charge is 0.497 e. The average Bonchev–Trinajstić information content (AvgIpc) is 3.19. The minimum atomic E-state index is -2.89. The van der Waals surface area contributed by atoms with E-state index in [1.54, 1.807) is 12.1 Å². The van der Waals surface area contributed by atoms with Crippen molar-refractivity contribution < 1.29 is 23.0 Å². The first kappa shape index (κ1) is 22.2. The fourth-order valence-corrected chi connectivity index (χ4v) is 3.11. The number of alkyl halides is 2. The molecule has 1 aliphatic rings. The maximum atomic E-state index is 12.6. The van der Waals surface area contributed by atoms with E-state index < -0.39 is 6.61 Å². The van der Waals surface area contributed by atoms with E-state index in [1.165, 1.54) is 38.9 Å². The lowest BCUT2D eigenvalue weighted by molar-refractivity contribution is -0.0504. The molecule has 0 bridgehead atoms. The zero-order valence-electron chi connectivity index (χ0n) is 16.7. The minimum Gasteiger partial charge on any atom is -0.497 e. The van der Waals surface area contributed by atoms with Crippen molar-refractivity contribution in [3.63, 3.8) is 0 Å². The van der Waals surface area contributed by atoms with Gasteiger partial charge >= 0.3 is 6.61 Å². The molecule has 0 heterocycles. The predicted molar refractivity (Wildman–Crippen MR) is 105 cm³/mol. The van der Waals surface area contributed by atoms with Crippen LogP contribution in [0.15, 0.2) is 23.2 Å². The lowest BCUT2D eigenvalue weighted by Gasteiger charge is -2.14. The standard InChI is InChI=1S/C20H31F2N3O3/c1-3-23-20(24-11-6-12-27-16-7-4-5-8-16)25-14-15-13-17(26-2)9-10-18(15)28-19(21)22/h9-10,13,16,19H,3-8,11-12,14H2,1-2H3,(H2,23,24,25). The van der Waals surface area contributed by atoms with Gasteiger partial charge in [0, 0.05) is 25.3 Å². The number of nitrogens with zero attached hydrogens (tertiary/aromatic N) is 1. The molecule has 158 valence electrons. The van der Waals surface area contributed by atoms with Crippen LogP contribution in [0.2, 0.25) is 0 Å². The number of methoxy groups -OCH3 is 1. The van der Waals surface area contributed by atoms with Gasteiger partial charge < -0.3 is 24.8 Å². The van der Waals surface area contributed by atoms with E-state index in [4.69, 9.17) is 9.47 Å². The maximum Gasteiger partial charge on any atom is 0.387 e. The molecular weight excluding hydrogens is 368 g/mol. The van der Waals surface area contributed by atoms with Gasteiger partial charge in [-0.05, 0) is 44.4 Å². The molecule has 2 rings (SSSR count). The molecule has 28 heavy (non-hydrogen) atoms. The third-order valence-corrected chi connectivity index (χ3v) is 4.50. The summed E-state index contributed by atoms with van der Waals surface area (Å²) in [5, 5.41) is 6.40. The first-order valence-electron chi connectivity index (χ1n) is 9.88. The minimum absolute atomic E-state index is 0.0976. The van der Waals surface area contributed by atoms with Crippen molar-refractivity contribution in [3.8, 4) is 11.5 Å². The molecule has 0 aromatic heterocycles. The third kappa shape index (κ3) is 7.88. The van der Waals surface area contributed by atoms with Crippen LogP contribution in [0.1, 0.15) is 44.6 Å². The topological polar surface area (TPSA) is 64.1 Å². The summed E-state index contributed by atoms with van der Waals surface area (Å²) in [6, 6.07) is 4.70. The molecule has 0 spiro atoms. The van der Waals surface area contributed by atoms with Gasteiger partial charge in [0.2, 0.25) is 0 Å². The third-order valence-electron chi connectivity index (χ3n) is 4.50. The number of hydrogen-bond donors (Lipinski definition) is 2. The molecule has 0 saturated heterocycles. The average molecular weight is 399 g/mol. The summed E-state index contributed by atoms with van der Waals surface area (Å²) in [5.41, 5.74) is 0.529. The second-order valence-corrected chi connectivity index (χ2v) is 6.60. The summed E-state index contributed by atoms with van der Waals surface area (Å²) >= 11 is 0. The molecule has 0 atom stereocenters. The highest BCUT2D eigenvalue weighted by atomic mass is 19.3. The van der Waals surface area contributed by atoms with Gasteiger partial charge in [-0.2, -0.15) is 8.78 Å². The van der Waals surface area contributed by atoms with Crippen molar-refractivity contribution in [2.24, 2.45) is 4.99 Å². The molecule has 0 unspecified atom stereocenters. The van der Waals surface area contributed by atoms with Crippen LogP contribution < -0.4 is 20.1 Å². The number of halogens is 2. The Morgan fingerprint density at radius 3 is 2.71 bits per heavy atom. The van der Waals surface area contributed by atoms with Crippen molar-refractivity contribution in [2.45, 2.75) is 58.3 Å². The number of hydrogen-bond acceptors (Lipinski definition) is 4. The molecule has 2 N–H and O–H groups in total. The number of rotatable bonds is 11. The van der Waals surface area contributed by atoms with E-state index in [9.17, 15) is 8.78 Å². The van der Waals surface area contributed by atoms with Gasteiger partial charge in [-0.3, -0.25) is 0 Å². The Balaban J connectivity index is 1.87.